The van der Waals surface area contributed by atoms with Crippen LogP contribution >= 0.6 is 23.8 Å². The number of carbonyl (C=O) groups excluding carboxylic acids is 2. The van der Waals surface area contributed by atoms with Crippen LogP contribution in [-0.2, 0) is 16.1 Å². The summed E-state index contributed by atoms with van der Waals surface area (Å²) in [6.07, 6.45) is 3.08. The second-order valence-electron chi connectivity index (χ2n) is 8.20. The summed E-state index contributed by atoms with van der Waals surface area (Å²) < 4.78 is 0. The Balaban J connectivity index is 1.58. The number of hydrogen-bond acceptors (Lipinski definition) is 3. The van der Waals surface area contributed by atoms with Crippen molar-refractivity contribution in [3.8, 4) is 0 Å². The van der Waals surface area contributed by atoms with Crippen molar-refractivity contribution < 1.29 is 9.59 Å². The van der Waals surface area contributed by atoms with E-state index < -0.39 is 0 Å². The summed E-state index contributed by atoms with van der Waals surface area (Å²) in [6, 6.07) is 7.38. The van der Waals surface area contributed by atoms with Gasteiger partial charge in [0.2, 0.25) is 11.8 Å². The quantitative estimate of drug-likeness (QED) is 0.690. The molecule has 2 N–H and O–H groups in total. The molecule has 3 atom stereocenters. The van der Waals surface area contributed by atoms with E-state index in [1.165, 1.54) is 0 Å². The Kier molecular flexibility index (Phi) is 6.94. The zero-order chi connectivity index (χ0) is 20.3. The lowest BCUT2D eigenvalue weighted by Crippen LogP contribution is -2.61. The van der Waals surface area contributed by atoms with E-state index in [-0.39, 0.29) is 29.7 Å². The normalized spacial score (nSPS) is 24.7. The van der Waals surface area contributed by atoms with Crippen LogP contribution in [0.25, 0.3) is 0 Å². The summed E-state index contributed by atoms with van der Waals surface area (Å²) in [6.45, 7) is 5.43. The molecule has 0 bridgehead atoms. The zero-order valence-electron chi connectivity index (χ0n) is 16.4. The summed E-state index contributed by atoms with van der Waals surface area (Å²) >= 11 is 11.4. The summed E-state index contributed by atoms with van der Waals surface area (Å²) in [4.78, 5) is 27.2. The third kappa shape index (κ3) is 5.03. The lowest BCUT2D eigenvalue weighted by Gasteiger charge is -2.43. The van der Waals surface area contributed by atoms with Crippen LogP contribution in [0.2, 0.25) is 5.02 Å². The van der Waals surface area contributed by atoms with Crippen LogP contribution in [0.3, 0.4) is 0 Å². The van der Waals surface area contributed by atoms with Crippen LogP contribution in [0, 0.1) is 17.8 Å². The highest BCUT2D eigenvalue weighted by atomic mass is 35.5. The van der Waals surface area contributed by atoms with Crippen molar-refractivity contribution in [3.05, 3.63) is 34.9 Å². The molecule has 0 spiro atoms. The Labute approximate surface area is 177 Å². The monoisotopic (exact) mass is 421 g/mol. The van der Waals surface area contributed by atoms with Crippen molar-refractivity contribution in [2.75, 3.05) is 6.54 Å². The van der Waals surface area contributed by atoms with Crippen molar-refractivity contribution in [1.29, 1.82) is 0 Å². The van der Waals surface area contributed by atoms with Gasteiger partial charge in [0.05, 0.1) is 12.5 Å². The Morgan fingerprint density at radius 2 is 2.04 bits per heavy atom. The average molecular weight is 422 g/mol. The molecular formula is C21H28ClN3O2S. The minimum Gasteiger partial charge on any atom is -0.359 e. The Hall–Kier alpha value is -1.66. The second-order valence-corrected chi connectivity index (χ2v) is 9.02. The Morgan fingerprint density at radius 3 is 2.71 bits per heavy atom. The first-order valence-corrected chi connectivity index (χ1v) is 10.8. The number of carbonyl (C=O) groups is 2. The molecule has 152 valence electrons. The van der Waals surface area contributed by atoms with Crippen molar-refractivity contribution in [1.82, 2.24) is 15.5 Å². The smallest absolute Gasteiger partial charge is 0.234 e. The Morgan fingerprint density at radius 1 is 1.32 bits per heavy atom. The van der Waals surface area contributed by atoms with Gasteiger partial charge in [-0.2, -0.15) is 0 Å². The lowest BCUT2D eigenvalue weighted by molar-refractivity contribution is -0.138. The van der Waals surface area contributed by atoms with Gasteiger partial charge in [0.1, 0.15) is 0 Å². The fourth-order valence-electron chi connectivity index (χ4n) is 3.95. The van der Waals surface area contributed by atoms with Gasteiger partial charge in [-0.05, 0) is 61.5 Å². The fourth-order valence-corrected chi connectivity index (χ4v) is 4.38. The molecule has 7 heteroatoms. The van der Waals surface area contributed by atoms with Crippen LogP contribution in [0.1, 0.15) is 45.1 Å². The van der Waals surface area contributed by atoms with Crippen LogP contribution in [0.4, 0.5) is 0 Å². The molecule has 0 aromatic heterocycles. The number of nitrogens with zero attached hydrogens (tertiary/aromatic N) is 1. The average Bonchev–Trinajstić information content (AvgIpc) is 2.65. The van der Waals surface area contributed by atoms with Gasteiger partial charge in [0.15, 0.2) is 5.11 Å². The van der Waals surface area contributed by atoms with Crippen molar-refractivity contribution in [2.24, 2.45) is 17.8 Å². The van der Waals surface area contributed by atoms with Crippen molar-refractivity contribution in [2.45, 2.75) is 52.1 Å². The van der Waals surface area contributed by atoms with E-state index in [2.05, 4.69) is 24.5 Å². The molecule has 1 saturated heterocycles. The zero-order valence-corrected chi connectivity index (χ0v) is 18.0. The number of halogens is 1. The highest BCUT2D eigenvalue weighted by molar-refractivity contribution is 7.80. The van der Waals surface area contributed by atoms with Gasteiger partial charge in [0.25, 0.3) is 0 Å². The van der Waals surface area contributed by atoms with E-state index in [1.807, 2.05) is 24.3 Å². The minimum absolute atomic E-state index is 0.0562. The maximum absolute atomic E-state index is 13.0. The first-order valence-electron chi connectivity index (χ1n) is 9.99. The van der Waals surface area contributed by atoms with Crippen LogP contribution in [-0.4, -0.2) is 34.4 Å². The molecule has 1 saturated carbocycles. The van der Waals surface area contributed by atoms with Crippen LogP contribution in [0.15, 0.2) is 24.3 Å². The molecule has 1 aliphatic carbocycles. The van der Waals surface area contributed by atoms with Gasteiger partial charge in [-0.15, -0.1) is 0 Å². The Bertz CT molecular complexity index is 738. The molecule has 1 aromatic carbocycles. The first-order chi connectivity index (χ1) is 13.3. The fraction of sp³-hybridized carbons (Fsp3) is 0.571. The molecule has 0 radical (unpaired) electrons. The van der Waals surface area contributed by atoms with Crippen molar-refractivity contribution in [3.63, 3.8) is 0 Å². The van der Waals surface area contributed by atoms with E-state index in [1.54, 1.807) is 4.90 Å². The number of hydrogen-bond donors (Lipinski definition) is 2. The molecule has 1 aromatic rings. The van der Waals surface area contributed by atoms with Gasteiger partial charge in [-0.1, -0.05) is 37.6 Å². The van der Waals surface area contributed by atoms with Gasteiger partial charge in [-0.3, -0.25) is 14.5 Å². The van der Waals surface area contributed by atoms with Gasteiger partial charge >= 0.3 is 0 Å². The van der Waals surface area contributed by atoms with E-state index in [0.29, 0.717) is 42.0 Å². The highest BCUT2D eigenvalue weighted by Gasteiger charge is 2.43. The van der Waals surface area contributed by atoms with E-state index in [0.717, 1.165) is 18.4 Å². The number of rotatable bonds is 6. The third-order valence-electron chi connectivity index (χ3n) is 5.63. The van der Waals surface area contributed by atoms with E-state index in [4.69, 9.17) is 23.8 Å². The molecule has 5 nitrogen and oxygen atoms in total. The molecule has 3 unspecified atom stereocenters. The molecule has 1 aliphatic heterocycles. The predicted octanol–water partition coefficient (Wildman–Crippen LogP) is 3.50. The topological polar surface area (TPSA) is 61.4 Å². The first kappa shape index (κ1) is 21.1. The van der Waals surface area contributed by atoms with E-state index in [9.17, 15) is 9.59 Å². The molecule has 2 aliphatic rings. The number of nitrogens with one attached hydrogen (secondary N) is 2. The minimum atomic E-state index is -0.126. The third-order valence-corrected chi connectivity index (χ3v) is 6.22. The van der Waals surface area contributed by atoms with Crippen molar-refractivity contribution >= 4 is 40.7 Å². The lowest BCUT2D eigenvalue weighted by atomic mass is 9.76. The van der Waals surface area contributed by atoms with Crippen LogP contribution in [0.5, 0.6) is 0 Å². The number of benzene rings is 1. The van der Waals surface area contributed by atoms with Gasteiger partial charge < -0.3 is 10.6 Å². The van der Waals surface area contributed by atoms with Gasteiger partial charge in [-0.25, -0.2) is 0 Å². The molecular weight excluding hydrogens is 394 g/mol. The van der Waals surface area contributed by atoms with Crippen LogP contribution < -0.4 is 10.6 Å². The maximum atomic E-state index is 13.0. The number of thiocarbonyl (C=S) groups is 1. The summed E-state index contributed by atoms with van der Waals surface area (Å²) in [7, 11) is 0. The summed E-state index contributed by atoms with van der Waals surface area (Å²) in [5.74, 6) is 0.543. The van der Waals surface area contributed by atoms with Gasteiger partial charge in [0, 0.05) is 23.5 Å². The summed E-state index contributed by atoms with van der Waals surface area (Å²) in [5, 5.41) is 7.47. The SMILES string of the molecule is CC(C)CCNC(=O)C1CCC2C(=O)N(Cc3ccc(Cl)cc3)C(=S)NC2C1. The standard InChI is InChI=1S/C21H28ClN3O2S/c1-13(2)9-10-23-19(26)15-5-8-17-18(11-15)24-21(28)25(20(17)27)12-14-3-6-16(22)7-4-14/h3-4,6-7,13,15,17-18H,5,8-12H2,1-2H3,(H,23,26)(H,24,28). The van der Waals surface area contributed by atoms with E-state index >= 15 is 0 Å². The predicted molar refractivity (Wildman–Crippen MR) is 115 cm³/mol. The highest BCUT2D eigenvalue weighted by Crippen LogP contribution is 2.33. The largest absolute Gasteiger partial charge is 0.359 e. The molecule has 1 heterocycles. The summed E-state index contributed by atoms with van der Waals surface area (Å²) in [5.41, 5.74) is 0.985. The second kappa shape index (κ2) is 9.23. The molecule has 2 fully saturated rings. The number of amides is 2. The molecule has 28 heavy (non-hydrogen) atoms. The maximum Gasteiger partial charge on any atom is 0.234 e. The molecule has 2 amide bonds. The number of fused-ring (bicyclic) bond motifs is 1. The molecule has 3 rings (SSSR count).